The van der Waals surface area contributed by atoms with Crippen LogP contribution in [0.4, 0.5) is 0 Å². The molecule has 7 nitrogen and oxygen atoms in total. The van der Waals surface area contributed by atoms with Gasteiger partial charge in [0.05, 0.1) is 18.8 Å². The summed E-state index contributed by atoms with van der Waals surface area (Å²) in [6, 6.07) is 0. The Hall–Kier alpha value is -2.74. The molecule has 0 aliphatic heterocycles. The molecule has 0 fully saturated rings. The predicted octanol–water partition coefficient (Wildman–Crippen LogP) is 10.1. The van der Waals surface area contributed by atoms with E-state index in [0.717, 1.165) is 25.7 Å². The van der Waals surface area contributed by atoms with Gasteiger partial charge >= 0.3 is 11.9 Å². The number of carbonyl (C=O) groups is 2. The Morgan fingerprint density at radius 1 is 0.580 bits per heavy atom. The molecule has 0 aromatic heterocycles. The molecule has 3 atom stereocenters. The first-order valence-corrected chi connectivity index (χ1v) is 19.7. The van der Waals surface area contributed by atoms with Crippen LogP contribution in [0, 0.1) is 0 Å². The third-order valence-electron chi connectivity index (χ3n) is 8.19. The standard InChI is InChI=1S/C43H72O7/c1-3-5-7-8-9-10-11-12-13-14-15-16-17-22-30-36-43(48)50-41(37-44)38-49-42(47)35-29-21-19-18-20-26-32-40(46)34-28-24-23-27-33-39(45)31-25-6-4-2/h6,19-21,23-28,33-34,39-41,44-46H,3-5,7-18,22,29-32,35-38H2,1-2H3/b21-19-,24-23-,25-6-,26-20-,33-27+,34-28+/t39-,40+,41+/m1/s1. The smallest absolute Gasteiger partial charge is 0.306 e. The van der Waals surface area contributed by atoms with Gasteiger partial charge < -0.3 is 24.8 Å². The lowest BCUT2D eigenvalue weighted by atomic mass is 10.0. The average Bonchev–Trinajstić information content (AvgIpc) is 3.11. The topological polar surface area (TPSA) is 113 Å². The molecule has 0 spiro atoms. The van der Waals surface area contributed by atoms with Crippen molar-refractivity contribution >= 4 is 11.9 Å². The summed E-state index contributed by atoms with van der Waals surface area (Å²) in [6.07, 6.45) is 43.2. The summed E-state index contributed by atoms with van der Waals surface area (Å²) in [6.45, 7) is 3.79. The summed E-state index contributed by atoms with van der Waals surface area (Å²) >= 11 is 0. The van der Waals surface area contributed by atoms with Gasteiger partial charge in [-0.15, -0.1) is 0 Å². The quantitative estimate of drug-likeness (QED) is 0.0265. The minimum absolute atomic E-state index is 0.143. The van der Waals surface area contributed by atoms with Crippen LogP contribution in [0.2, 0.25) is 0 Å². The number of allylic oxidation sites excluding steroid dienone is 8. The van der Waals surface area contributed by atoms with Gasteiger partial charge in [-0.1, -0.05) is 177 Å². The molecule has 0 aliphatic carbocycles. The summed E-state index contributed by atoms with van der Waals surface area (Å²) in [7, 11) is 0. The Kier molecular flexibility index (Phi) is 35.5. The van der Waals surface area contributed by atoms with E-state index in [4.69, 9.17) is 9.47 Å². The van der Waals surface area contributed by atoms with Crippen molar-refractivity contribution in [1.82, 2.24) is 0 Å². The third-order valence-corrected chi connectivity index (χ3v) is 8.19. The minimum atomic E-state index is -0.835. The monoisotopic (exact) mass is 701 g/mol. The highest BCUT2D eigenvalue weighted by molar-refractivity contribution is 5.70. The molecule has 0 aromatic carbocycles. The molecule has 0 radical (unpaired) electrons. The van der Waals surface area contributed by atoms with Crippen LogP contribution in [0.5, 0.6) is 0 Å². The van der Waals surface area contributed by atoms with Crippen molar-refractivity contribution in [3.05, 3.63) is 72.9 Å². The number of ether oxygens (including phenoxy) is 2. The van der Waals surface area contributed by atoms with Crippen molar-refractivity contribution in [3.63, 3.8) is 0 Å². The molecule has 3 N–H and O–H groups in total. The molecule has 0 unspecified atom stereocenters. The highest BCUT2D eigenvalue weighted by atomic mass is 16.6. The van der Waals surface area contributed by atoms with Crippen LogP contribution in [-0.2, 0) is 19.1 Å². The second kappa shape index (κ2) is 37.5. The summed E-state index contributed by atoms with van der Waals surface area (Å²) in [5.74, 6) is -0.760. The van der Waals surface area contributed by atoms with Gasteiger partial charge in [0.2, 0.25) is 0 Å². The average molecular weight is 701 g/mol. The first kappa shape index (κ1) is 47.3. The molecule has 0 bridgehead atoms. The molecule has 0 rings (SSSR count). The van der Waals surface area contributed by atoms with E-state index in [1.165, 1.54) is 77.0 Å². The molecular weight excluding hydrogens is 628 g/mol. The zero-order chi connectivity index (χ0) is 36.8. The Morgan fingerprint density at radius 3 is 1.60 bits per heavy atom. The number of carbonyl (C=O) groups excluding carboxylic acids is 2. The van der Waals surface area contributed by atoms with E-state index in [2.05, 4.69) is 13.8 Å². The van der Waals surface area contributed by atoms with Crippen molar-refractivity contribution in [2.75, 3.05) is 13.2 Å². The van der Waals surface area contributed by atoms with Gasteiger partial charge in [0, 0.05) is 12.8 Å². The van der Waals surface area contributed by atoms with Crippen LogP contribution in [0.15, 0.2) is 72.9 Å². The fourth-order valence-electron chi connectivity index (χ4n) is 5.17. The van der Waals surface area contributed by atoms with E-state index in [9.17, 15) is 24.9 Å². The fraction of sp³-hybridized carbons (Fsp3) is 0.674. The number of unbranched alkanes of at least 4 members (excludes halogenated alkanes) is 14. The molecule has 0 saturated heterocycles. The van der Waals surface area contributed by atoms with Gasteiger partial charge in [0.15, 0.2) is 6.10 Å². The van der Waals surface area contributed by atoms with Gasteiger partial charge in [-0.25, -0.2) is 0 Å². The van der Waals surface area contributed by atoms with Gasteiger partial charge in [-0.05, 0) is 38.5 Å². The third kappa shape index (κ3) is 35.1. The zero-order valence-corrected chi connectivity index (χ0v) is 31.6. The van der Waals surface area contributed by atoms with Crippen LogP contribution in [0.25, 0.3) is 0 Å². The van der Waals surface area contributed by atoms with Crippen LogP contribution in [0.3, 0.4) is 0 Å². The van der Waals surface area contributed by atoms with E-state index < -0.39 is 24.3 Å². The molecule has 0 aliphatic rings. The Bertz CT molecular complexity index is 962. The lowest BCUT2D eigenvalue weighted by molar-refractivity contribution is -0.161. The Morgan fingerprint density at radius 2 is 1.08 bits per heavy atom. The normalized spacial score (nSPS) is 14.3. The van der Waals surface area contributed by atoms with Crippen molar-refractivity contribution in [3.8, 4) is 0 Å². The maximum atomic E-state index is 12.2. The summed E-state index contributed by atoms with van der Waals surface area (Å²) in [5.41, 5.74) is 0. The number of aliphatic hydroxyl groups is 3. The van der Waals surface area contributed by atoms with Crippen LogP contribution in [0.1, 0.15) is 155 Å². The Labute approximate surface area is 305 Å². The van der Waals surface area contributed by atoms with E-state index in [-0.39, 0.29) is 25.6 Å². The zero-order valence-electron chi connectivity index (χ0n) is 31.6. The maximum Gasteiger partial charge on any atom is 0.306 e. The second-order valence-corrected chi connectivity index (χ2v) is 13.0. The van der Waals surface area contributed by atoms with Gasteiger partial charge in [0.25, 0.3) is 0 Å². The van der Waals surface area contributed by atoms with Crippen molar-refractivity contribution in [1.29, 1.82) is 0 Å². The molecule has 286 valence electrons. The predicted molar refractivity (Wildman–Crippen MR) is 208 cm³/mol. The molecule has 0 saturated carbocycles. The van der Waals surface area contributed by atoms with E-state index in [1.54, 1.807) is 24.3 Å². The second-order valence-electron chi connectivity index (χ2n) is 13.0. The van der Waals surface area contributed by atoms with Crippen molar-refractivity contribution in [2.45, 2.75) is 173 Å². The number of esters is 2. The van der Waals surface area contributed by atoms with Gasteiger partial charge in [-0.3, -0.25) is 9.59 Å². The SMILES string of the molecule is CC/C=C\C[C@@H](O)/C=C/C=C\C=C\[C@@H](O)C/C=C\C/C=C\CCC(=O)OC[C@H](CO)OC(=O)CCCCCCCCCCCCCCCCC. The summed E-state index contributed by atoms with van der Waals surface area (Å²) in [5, 5.41) is 29.4. The molecule has 7 heteroatoms. The molecular formula is C43H72O7. The molecule has 0 aromatic rings. The summed E-state index contributed by atoms with van der Waals surface area (Å²) < 4.78 is 10.5. The van der Waals surface area contributed by atoms with E-state index >= 15 is 0 Å². The largest absolute Gasteiger partial charge is 0.462 e. The first-order valence-electron chi connectivity index (χ1n) is 19.7. The Balaban J connectivity index is 3.83. The lowest BCUT2D eigenvalue weighted by Gasteiger charge is -2.15. The van der Waals surface area contributed by atoms with Crippen LogP contribution >= 0.6 is 0 Å². The van der Waals surface area contributed by atoms with Crippen molar-refractivity contribution in [2.24, 2.45) is 0 Å². The van der Waals surface area contributed by atoms with Gasteiger partial charge in [-0.2, -0.15) is 0 Å². The maximum absolute atomic E-state index is 12.2. The summed E-state index contributed by atoms with van der Waals surface area (Å²) in [4.78, 5) is 24.2. The number of hydrogen-bond acceptors (Lipinski definition) is 7. The van der Waals surface area contributed by atoms with E-state index in [1.807, 2.05) is 48.6 Å². The lowest BCUT2D eigenvalue weighted by Crippen LogP contribution is -2.28. The first-order chi connectivity index (χ1) is 24.4. The fourth-order valence-corrected chi connectivity index (χ4v) is 5.17. The van der Waals surface area contributed by atoms with Crippen LogP contribution < -0.4 is 0 Å². The highest BCUT2D eigenvalue weighted by Crippen LogP contribution is 2.14. The van der Waals surface area contributed by atoms with Gasteiger partial charge in [0.1, 0.15) is 6.61 Å². The van der Waals surface area contributed by atoms with Crippen LogP contribution in [-0.4, -0.2) is 58.8 Å². The van der Waals surface area contributed by atoms with E-state index in [0.29, 0.717) is 32.1 Å². The minimum Gasteiger partial charge on any atom is -0.462 e. The number of hydrogen-bond donors (Lipinski definition) is 3. The number of aliphatic hydroxyl groups excluding tert-OH is 3. The molecule has 0 heterocycles. The number of rotatable bonds is 34. The molecule has 0 amide bonds. The highest BCUT2D eigenvalue weighted by Gasteiger charge is 2.15. The molecule has 50 heavy (non-hydrogen) atoms. The van der Waals surface area contributed by atoms with Crippen molar-refractivity contribution < 1.29 is 34.4 Å².